The van der Waals surface area contributed by atoms with Gasteiger partial charge in [0.25, 0.3) is 0 Å². The van der Waals surface area contributed by atoms with E-state index in [1.807, 2.05) is 19.1 Å². The van der Waals surface area contributed by atoms with E-state index in [-0.39, 0.29) is 0 Å². The van der Waals surface area contributed by atoms with Crippen molar-refractivity contribution in [3.63, 3.8) is 0 Å². The molecule has 20 heavy (non-hydrogen) atoms. The maximum absolute atomic E-state index is 9.46. The minimum Gasteiger partial charge on any atom is -0.508 e. The standard InChI is InChI=1S/C15H26O3Si2/c1-5-10-19-18-20(3,4)11-6-9-17-14-7-8-15(16)13(2)12-14/h7-8,12,16H,5-6,9-11H2,1-4H3. The van der Waals surface area contributed by atoms with E-state index >= 15 is 0 Å². The number of phenols is 1. The van der Waals surface area contributed by atoms with E-state index in [0.29, 0.717) is 22.1 Å². The first-order valence-corrected chi connectivity index (χ1v) is 11.5. The Kier molecular flexibility index (Phi) is 7.33. The average molecular weight is 311 g/mol. The first-order valence-electron chi connectivity index (χ1n) is 7.28. The molecule has 0 aromatic heterocycles. The zero-order valence-corrected chi connectivity index (χ0v) is 15.0. The fourth-order valence-corrected chi connectivity index (χ4v) is 5.38. The Morgan fingerprint density at radius 2 is 2.05 bits per heavy atom. The molecular weight excluding hydrogens is 284 g/mol. The maximum atomic E-state index is 9.46. The molecule has 0 spiro atoms. The summed E-state index contributed by atoms with van der Waals surface area (Å²) in [5, 5.41) is 9.46. The zero-order chi connectivity index (χ0) is 15.0. The Balaban J connectivity index is 2.25. The van der Waals surface area contributed by atoms with Crippen LogP contribution in [0.15, 0.2) is 18.2 Å². The highest BCUT2D eigenvalue weighted by Gasteiger charge is 2.21. The molecule has 0 aliphatic carbocycles. The average Bonchev–Trinajstić information content (AvgIpc) is 2.39. The van der Waals surface area contributed by atoms with Gasteiger partial charge in [0.1, 0.15) is 11.5 Å². The third-order valence-electron chi connectivity index (χ3n) is 3.06. The van der Waals surface area contributed by atoms with Gasteiger partial charge < -0.3 is 14.0 Å². The van der Waals surface area contributed by atoms with Crippen molar-refractivity contribution in [3.05, 3.63) is 23.8 Å². The Labute approximate surface area is 126 Å². The molecular formula is C15H26O3Si2. The molecule has 0 bridgehead atoms. The van der Waals surface area contributed by atoms with Crippen LogP contribution in [0.25, 0.3) is 0 Å². The second-order valence-corrected chi connectivity index (χ2v) is 11.3. The number of hydrogen-bond donors (Lipinski definition) is 1. The topological polar surface area (TPSA) is 38.7 Å². The number of hydrogen-bond acceptors (Lipinski definition) is 3. The van der Waals surface area contributed by atoms with Crippen LogP contribution in [0.5, 0.6) is 11.5 Å². The molecule has 1 aromatic carbocycles. The molecule has 2 radical (unpaired) electrons. The first-order chi connectivity index (χ1) is 9.44. The van der Waals surface area contributed by atoms with Gasteiger partial charge in [-0.05, 0) is 62.3 Å². The molecule has 0 saturated carbocycles. The fourth-order valence-electron chi connectivity index (χ4n) is 1.81. The van der Waals surface area contributed by atoms with Crippen molar-refractivity contribution in [2.45, 2.75) is 51.9 Å². The number of phenolic OH excluding ortho intramolecular Hbond substituents is 1. The summed E-state index contributed by atoms with van der Waals surface area (Å²) in [6, 6.07) is 7.67. The summed E-state index contributed by atoms with van der Waals surface area (Å²) in [4.78, 5) is 0. The minimum atomic E-state index is -1.51. The Morgan fingerprint density at radius 3 is 2.70 bits per heavy atom. The van der Waals surface area contributed by atoms with Crippen LogP contribution in [0, 0.1) is 6.92 Å². The van der Waals surface area contributed by atoms with Crippen molar-refractivity contribution in [3.8, 4) is 11.5 Å². The van der Waals surface area contributed by atoms with Gasteiger partial charge >= 0.3 is 0 Å². The van der Waals surface area contributed by atoms with Crippen molar-refractivity contribution in [2.24, 2.45) is 0 Å². The van der Waals surface area contributed by atoms with Crippen LogP contribution in [0.1, 0.15) is 25.3 Å². The molecule has 1 N–H and O–H groups in total. The molecule has 1 aromatic rings. The normalized spacial score (nSPS) is 11.6. The zero-order valence-electron chi connectivity index (χ0n) is 13.0. The van der Waals surface area contributed by atoms with E-state index in [2.05, 4.69) is 20.0 Å². The molecule has 0 aliphatic rings. The number of benzene rings is 1. The van der Waals surface area contributed by atoms with E-state index in [1.165, 1.54) is 12.5 Å². The summed E-state index contributed by atoms with van der Waals surface area (Å²) in [5.41, 5.74) is 0.848. The van der Waals surface area contributed by atoms with Gasteiger partial charge in [0.05, 0.1) is 6.61 Å². The highest BCUT2D eigenvalue weighted by atomic mass is 28.4. The second kappa shape index (κ2) is 8.49. The predicted octanol–water partition coefficient (Wildman–Crippen LogP) is 4.14. The predicted molar refractivity (Wildman–Crippen MR) is 87.2 cm³/mol. The van der Waals surface area contributed by atoms with Crippen molar-refractivity contribution >= 4 is 18.1 Å². The molecule has 0 saturated heterocycles. The molecule has 0 unspecified atom stereocenters. The minimum absolute atomic E-state index is 0.316. The summed E-state index contributed by atoms with van der Waals surface area (Å²) < 4.78 is 11.8. The van der Waals surface area contributed by atoms with Gasteiger partial charge in [-0.25, -0.2) is 0 Å². The molecule has 1 rings (SSSR count). The van der Waals surface area contributed by atoms with Crippen LogP contribution in [0.4, 0.5) is 0 Å². The first kappa shape index (κ1) is 17.3. The molecule has 0 heterocycles. The van der Waals surface area contributed by atoms with Crippen molar-refractivity contribution in [2.75, 3.05) is 6.61 Å². The summed E-state index contributed by atoms with van der Waals surface area (Å²) in [6.07, 6.45) is 2.22. The third kappa shape index (κ3) is 6.59. The van der Waals surface area contributed by atoms with Crippen LogP contribution in [-0.4, -0.2) is 29.8 Å². The fraction of sp³-hybridized carbons (Fsp3) is 0.600. The summed E-state index contributed by atoms with van der Waals surface area (Å²) in [7, 11) is -0.848. The van der Waals surface area contributed by atoms with Gasteiger partial charge in [-0.3, -0.25) is 0 Å². The van der Waals surface area contributed by atoms with Crippen LogP contribution in [-0.2, 0) is 4.12 Å². The van der Waals surface area contributed by atoms with Gasteiger partial charge in [0, 0.05) is 0 Å². The van der Waals surface area contributed by atoms with Gasteiger partial charge in [-0.1, -0.05) is 13.3 Å². The number of ether oxygens (including phenoxy) is 1. The molecule has 0 atom stereocenters. The number of aromatic hydroxyl groups is 1. The molecule has 5 heteroatoms. The smallest absolute Gasteiger partial charge is 0.215 e. The molecule has 3 nitrogen and oxygen atoms in total. The van der Waals surface area contributed by atoms with Crippen LogP contribution < -0.4 is 4.74 Å². The van der Waals surface area contributed by atoms with Crippen molar-refractivity contribution in [1.82, 2.24) is 0 Å². The maximum Gasteiger partial charge on any atom is 0.215 e. The molecule has 0 fully saturated rings. The lowest BCUT2D eigenvalue weighted by molar-refractivity contribution is 0.314. The van der Waals surface area contributed by atoms with Crippen molar-refractivity contribution in [1.29, 1.82) is 0 Å². The highest BCUT2D eigenvalue weighted by molar-refractivity contribution is 6.75. The molecule has 112 valence electrons. The third-order valence-corrected chi connectivity index (χ3v) is 8.11. The number of aryl methyl sites for hydroxylation is 1. The lowest BCUT2D eigenvalue weighted by Gasteiger charge is -2.22. The SMILES string of the molecule is CCC[Si]O[Si](C)(C)CCCOc1ccc(O)c(C)c1. The van der Waals surface area contributed by atoms with E-state index in [1.54, 1.807) is 6.07 Å². The van der Waals surface area contributed by atoms with Gasteiger partial charge in [0.2, 0.25) is 9.76 Å². The van der Waals surface area contributed by atoms with E-state index in [9.17, 15) is 5.11 Å². The van der Waals surface area contributed by atoms with Crippen LogP contribution in [0.2, 0.25) is 25.2 Å². The quantitative estimate of drug-likeness (QED) is 0.550. The van der Waals surface area contributed by atoms with E-state index in [0.717, 1.165) is 23.8 Å². The summed E-state index contributed by atoms with van der Waals surface area (Å²) in [5.74, 6) is 1.14. The molecule has 0 aliphatic heterocycles. The second-order valence-electron chi connectivity index (χ2n) is 5.66. The Hall–Kier alpha value is -0.786. The van der Waals surface area contributed by atoms with Crippen molar-refractivity contribution < 1.29 is 14.0 Å². The Morgan fingerprint density at radius 1 is 1.30 bits per heavy atom. The Bertz CT molecular complexity index is 408. The highest BCUT2D eigenvalue weighted by Crippen LogP contribution is 2.22. The van der Waals surface area contributed by atoms with Gasteiger partial charge in [0.15, 0.2) is 8.32 Å². The lowest BCUT2D eigenvalue weighted by Crippen LogP contribution is -2.32. The summed E-state index contributed by atoms with van der Waals surface area (Å²) >= 11 is 0. The van der Waals surface area contributed by atoms with Crippen LogP contribution >= 0.6 is 0 Å². The number of rotatable bonds is 9. The van der Waals surface area contributed by atoms with E-state index < -0.39 is 8.32 Å². The van der Waals surface area contributed by atoms with Gasteiger partial charge in [-0.15, -0.1) is 0 Å². The summed E-state index contributed by atoms with van der Waals surface area (Å²) in [6.45, 7) is 9.33. The monoisotopic (exact) mass is 310 g/mol. The largest absolute Gasteiger partial charge is 0.508 e. The molecule has 0 amide bonds. The van der Waals surface area contributed by atoms with Crippen LogP contribution in [0.3, 0.4) is 0 Å². The lowest BCUT2D eigenvalue weighted by atomic mass is 10.2. The van der Waals surface area contributed by atoms with E-state index in [4.69, 9.17) is 8.85 Å². The van der Waals surface area contributed by atoms with Gasteiger partial charge in [-0.2, -0.15) is 0 Å².